The highest BCUT2D eigenvalue weighted by atomic mass is 16.2. The minimum atomic E-state index is -0.135. The van der Waals surface area contributed by atoms with Gasteiger partial charge in [-0.1, -0.05) is 24.3 Å². The van der Waals surface area contributed by atoms with E-state index in [9.17, 15) is 9.59 Å². The lowest BCUT2D eigenvalue weighted by atomic mass is 10.0. The van der Waals surface area contributed by atoms with Gasteiger partial charge in [0.25, 0.3) is 5.56 Å². The van der Waals surface area contributed by atoms with Crippen LogP contribution in [0.3, 0.4) is 0 Å². The number of carbonyl (C=O) groups is 1. The number of hydrogen-bond acceptors (Lipinski definition) is 5. The summed E-state index contributed by atoms with van der Waals surface area (Å²) in [6, 6.07) is 15.3. The Labute approximate surface area is 156 Å². The Balaban J connectivity index is 1.41. The van der Waals surface area contributed by atoms with Crippen molar-refractivity contribution < 1.29 is 4.79 Å². The molecule has 1 atom stereocenters. The molecule has 4 rings (SSSR count). The largest absolute Gasteiger partial charge is 0.326 e. The van der Waals surface area contributed by atoms with Crippen LogP contribution in [0.5, 0.6) is 0 Å². The van der Waals surface area contributed by atoms with Crippen LogP contribution in [0.15, 0.2) is 59.7 Å². The molecule has 1 aliphatic heterocycles. The highest BCUT2D eigenvalue weighted by molar-refractivity contribution is 5.90. The third kappa shape index (κ3) is 3.89. The molecule has 1 saturated heterocycles. The molecule has 0 aliphatic carbocycles. The maximum Gasteiger partial charge on any atom is 0.261 e. The number of hydrazine groups is 1. The van der Waals surface area contributed by atoms with E-state index >= 15 is 0 Å². The Bertz CT molecular complexity index is 1020. The standard InChI is InChI=1S/C20H21N5O2/c26-19(23-15-5-3-4-14(12-15)17-8-10-22-24-17)9-11-25-13-21-18-7-2-1-6-16(18)20(25)27/h1-7,12-13,17,22,24H,8-11H2,(H,23,26). The van der Waals surface area contributed by atoms with Gasteiger partial charge in [-0.05, 0) is 36.2 Å². The van der Waals surface area contributed by atoms with Crippen LogP contribution in [0.4, 0.5) is 5.69 Å². The molecule has 1 amide bonds. The van der Waals surface area contributed by atoms with Crippen molar-refractivity contribution in [3.05, 3.63) is 70.8 Å². The first-order valence-corrected chi connectivity index (χ1v) is 9.03. The SMILES string of the molecule is O=C(CCn1cnc2ccccc2c1=O)Nc1cccc(C2CCNN2)c1. The number of anilines is 1. The first-order valence-electron chi connectivity index (χ1n) is 9.03. The monoisotopic (exact) mass is 363 g/mol. The molecule has 3 aromatic rings. The third-order valence-electron chi connectivity index (χ3n) is 4.72. The molecule has 1 aliphatic rings. The Morgan fingerprint density at radius 1 is 1.22 bits per heavy atom. The van der Waals surface area contributed by atoms with Crippen LogP contribution in [-0.2, 0) is 11.3 Å². The molecule has 0 radical (unpaired) electrons. The van der Waals surface area contributed by atoms with Gasteiger partial charge in [0.1, 0.15) is 0 Å². The second kappa shape index (κ2) is 7.69. The van der Waals surface area contributed by atoms with Gasteiger partial charge in [0.05, 0.1) is 17.2 Å². The third-order valence-corrected chi connectivity index (χ3v) is 4.72. The second-order valence-corrected chi connectivity index (χ2v) is 6.60. The average molecular weight is 363 g/mol. The van der Waals surface area contributed by atoms with E-state index in [2.05, 4.69) is 21.2 Å². The molecule has 7 nitrogen and oxygen atoms in total. The van der Waals surface area contributed by atoms with Gasteiger partial charge in [0.15, 0.2) is 0 Å². The molecule has 2 heterocycles. The Morgan fingerprint density at radius 2 is 2.11 bits per heavy atom. The highest BCUT2D eigenvalue weighted by Crippen LogP contribution is 2.21. The fraction of sp³-hybridized carbons (Fsp3) is 0.250. The summed E-state index contributed by atoms with van der Waals surface area (Å²) in [6.07, 6.45) is 2.71. The van der Waals surface area contributed by atoms with E-state index in [1.54, 1.807) is 12.1 Å². The number of fused-ring (bicyclic) bond motifs is 1. The van der Waals surface area contributed by atoms with Crippen LogP contribution in [0.1, 0.15) is 24.4 Å². The summed E-state index contributed by atoms with van der Waals surface area (Å²) in [5, 5.41) is 3.47. The van der Waals surface area contributed by atoms with Crippen molar-refractivity contribution in [1.82, 2.24) is 20.4 Å². The lowest BCUT2D eigenvalue weighted by molar-refractivity contribution is -0.116. The van der Waals surface area contributed by atoms with Gasteiger partial charge in [-0.15, -0.1) is 0 Å². The minimum absolute atomic E-state index is 0.129. The quantitative estimate of drug-likeness (QED) is 0.645. The molecule has 2 aromatic carbocycles. The molecule has 1 aromatic heterocycles. The summed E-state index contributed by atoms with van der Waals surface area (Å²) in [6.45, 7) is 1.21. The normalized spacial score (nSPS) is 16.5. The van der Waals surface area contributed by atoms with Crippen molar-refractivity contribution in [1.29, 1.82) is 0 Å². The van der Waals surface area contributed by atoms with Gasteiger partial charge in [-0.3, -0.25) is 25.0 Å². The van der Waals surface area contributed by atoms with E-state index in [1.807, 2.05) is 36.4 Å². The molecule has 27 heavy (non-hydrogen) atoms. The maximum absolute atomic E-state index is 12.5. The molecule has 1 unspecified atom stereocenters. The predicted molar refractivity (Wildman–Crippen MR) is 104 cm³/mol. The van der Waals surface area contributed by atoms with E-state index in [0.29, 0.717) is 10.9 Å². The van der Waals surface area contributed by atoms with Crippen molar-refractivity contribution in [2.75, 3.05) is 11.9 Å². The smallest absolute Gasteiger partial charge is 0.261 e. The fourth-order valence-corrected chi connectivity index (χ4v) is 3.28. The van der Waals surface area contributed by atoms with Crippen LogP contribution in [-0.4, -0.2) is 22.0 Å². The van der Waals surface area contributed by atoms with Gasteiger partial charge in [-0.25, -0.2) is 4.98 Å². The number of nitrogens with zero attached hydrogens (tertiary/aromatic N) is 2. The van der Waals surface area contributed by atoms with Crippen LogP contribution >= 0.6 is 0 Å². The van der Waals surface area contributed by atoms with Crippen LogP contribution in [0.25, 0.3) is 10.9 Å². The van der Waals surface area contributed by atoms with E-state index in [-0.39, 0.29) is 30.5 Å². The lowest BCUT2D eigenvalue weighted by Crippen LogP contribution is -2.25. The number of hydrogen-bond donors (Lipinski definition) is 3. The van der Waals surface area contributed by atoms with Gasteiger partial charge < -0.3 is 5.32 Å². The van der Waals surface area contributed by atoms with E-state index in [4.69, 9.17) is 0 Å². The molecular weight excluding hydrogens is 342 g/mol. The summed E-state index contributed by atoms with van der Waals surface area (Å²) < 4.78 is 1.48. The number of nitrogens with one attached hydrogen (secondary N) is 3. The molecule has 0 spiro atoms. The number of amides is 1. The fourth-order valence-electron chi connectivity index (χ4n) is 3.28. The number of aromatic nitrogens is 2. The molecule has 0 bridgehead atoms. The average Bonchev–Trinajstić information content (AvgIpc) is 3.23. The summed E-state index contributed by atoms with van der Waals surface area (Å²) in [5.41, 5.74) is 8.75. The van der Waals surface area contributed by atoms with Gasteiger partial charge >= 0.3 is 0 Å². The summed E-state index contributed by atoms with van der Waals surface area (Å²) >= 11 is 0. The Morgan fingerprint density at radius 3 is 2.96 bits per heavy atom. The molecule has 3 N–H and O–H groups in total. The summed E-state index contributed by atoms with van der Waals surface area (Å²) in [7, 11) is 0. The Hall–Kier alpha value is -3.03. The predicted octanol–water partition coefficient (Wildman–Crippen LogP) is 1.96. The highest BCUT2D eigenvalue weighted by Gasteiger charge is 2.16. The molecule has 7 heteroatoms. The van der Waals surface area contributed by atoms with Crippen LogP contribution < -0.4 is 21.7 Å². The summed E-state index contributed by atoms with van der Waals surface area (Å²) in [4.78, 5) is 29.1. The molecule has 0 saturated carbocycles. The van der Waals surface area contributed by atoms with Gasteiger partial charge in [0.2, 0.25) is 5.91 Å². The Kier molecular flexibility index (Phi) is 4.95. The number of carbonyl (C=O) groups excluding carboxylic acids is 1. The van der Waals surface area contributed by atoms with Gasteiger partial charge in [0, 0.05) is 31.2 Å². The minimum Gasteiger partial charge on any atom is -0.326 e. The molecule has 1 fully saturated rings. The number of para-hydroxylation sites is 1. The lowest BCUT2D eigenvalue weighted by Gasteiger charge is -2.12. The molecular formula is C20H21N5O2. The topological polar surface area (TPSA) is 88.0 Å². The van der Waals surface area contributed by atoms with E-state index < -0.39 is 0 Å². The first-order chi connectivity index (χ1) is 13.2. The van der Waals surface area contributed by atoms with Crippen molar-refractivity contribution >= 4 is 22.5 Å². The summed E-state index contributed by atoms with van der Waals surface area (Å²) in [5.74, 6) is -0.135. The zero-order chi connectivity index (χ0) is 18.6. The number of rotatable bonds is 5. The second-order valence-electron chi connectivity index (χ2n) is 6.60. The number of benzene rings is 2. The van der Waals surface area contributed by atoms with Crippen molar-refractivity contribution in [2.24, 2.45) is 0 Å². The molecule has 138 valence electrons. The van der Waals surface area contributed by atoms with Crippen LogP contribution in [0, 0.1) is 0 Å². The first kappa shape index (κ1) is 17.4. The van der Waals surface area contributed by atoms with Crippen LogP contribution in [0.2, 0.25) is 0 Å². The van der Waals surface area contributed by atoms with E-state index in [0.717, 1.165) is 24.2 Å². The van der Waals surface area contributed by atoms with Gasteiger partial charge in [-0.2, -0.15) is 0 Å². The maximum atomic E-state index is 12.5. The number of aryl methyl sites for hydroxylation is 1. The van der Waals surface area contributed by atoms with Crippen molar-refractivity contribution in [3.8, 4) is 0 Å². The zero-order valence-electron chi connectivity index (χ0n) is 14.8. The van der Waals surface area contributed by atoms with Crippen molar-refractivity contribution in [3.63, 3.8) is 0 Å². The zero-order valence-corrected chi connectivity index (χ0v) is 14.8. The van der Waals surface area contributed by atoms with Crippen molar-refractivity contribution in [2.45, 2.75) is 25.4 Å². The van der Waals surface area contributed by atoms with E-state index in [1.165, 1.54) is 10.9 Å².